The minimum atomic E-state index is -4.13. The SMILES string of the molecule is Cn1cc(S(=O)(=O)NC2(C)COC2)c(F)c1C(=O)NC1=CC=CC(Br)C1. The Bertz CT molecular complexity index is 903. The van der Waals surface area contributed by atoms with Crippen molar-refractivity contribution in [2.24, 2.45) is 7.05 Å². The van der Waals surface area contributed by atoms with Gasteiger partial charge in [-0.25, -0.2) is 17.5 Å². The Morgan fingerprint density at radius 3 is 2.73 bits per heavy atom. The number of rotatable bonds is 5. The third kappa shape index (κ3) is 3.78. The summed E-state index contributed by atoms with van der Waals surface area (Å²) in [6.07, 6.45) is 7.05. The fourth-order valence-corrected chi connectivity index (χ4v) is 4.83. The van der Waals surface area contributed by atoms with Gasteiger partial charge in [-0.15, -0.1) is 0 Å². The number of alkyl halides is 1. The lowest BCUT2D eigenvalue weighted by molar-refractivity contribution is -0.0523. The molecule has 1 aliphatic carbocycles. The van der Waals surface area contributed by atoms with Gasteiger partial charge in [0.25, 0.3) is 5.91 Å². The fourth-order valence-electron chi connectivity index (χ4n) is 2.80. The molecule has 26 heavy (non-hydrogen) atoms. The molecule has 2 N–H and O–H groups in total. The molecule has 2 heterocycles. The average Bonchev–Trinajstić information content (AvgIpc) is 2.81. The first-order valence-corrected chi connectivity index (χ1v) is 10.3. The zero-order valence-electron chi connectivity index (χ0n) is 14.3. The van der Waals surface area contributed by atoms with Gasteiger partial charge in [0.15, 0.2) is 5.82 Å². The molecule has 0 aromatic carbocycles. The number of allylic oxidation sites excluding steroid dienone is 4. The first-order valence-electron chi connectivity index (χ1n) is 7.91. The summed E-state index contributed by atoms with van der Waals surface area (Å²) in [6.45, 7) is 2.09. The van der Waals surface area contributed by atoms with Gasteiger partial charge in [-0.1, -0.05) is 28.1 Å². The molecule has 10 heteroatoms. The lowest BCUT2D eigenvalue weighted by Crippen LogP contribution is -2.59. The molecule has 1 aromatic rings. The molecule has 0 radical (unpaired) electrons. The van der Waals surface area contributed by atoms with Crippen LogP contribution in [-0.2, 0) is 21.8 Å². The van der Waals surface area contributed by atoms with Crippen molar-refractivity contribution in [3.63, 3.8) is 0 Å². The molecule has 2 aliphatic rings. The van der Waals surface area contributed by atoms with Crippen molar-refractivity contribution in [2.75, 3.05) is 13.2 Å². The van der Waals surface area contributed by atoms with E-state index < -0.39 is 32.2 Å². The third-order valence-electron chi connectivity index (χ3n) is 4.12. The Morgan fingerprint density at radius 1 is 1.46 bits per heavy atom. The Labute approximate surface area is 159 Å². The summed E-state index contributed by atoms with van der Waals surface area (Å²) in [4.78, 5) is 12.0. The van der Waals surface area contributed by atoms with Crippen LogP contribution in [0.25, 0.3) is 0 Å². The van der Waals surface area contributed by atoms with E-state index in [-0.39, 0.29) is 23.7 Å². The van der Waals surface area contributed by atoms with Crippen LogP contribution in [0.5, 0.6) is 0 Å². The van der Waals surface area contributed by atoms with Crippen molar-refractivity contribution in [3.05, 3.63) is 41.6 Å². The second kappa shape index (κ2) is 6.91. The summed E-state index contributed by atoms with van der Waals surface area (Å²) >= 11 is 3.42. The van der Waals surface area contributed by atoms with Gasteiger partial charge in [-0.05, 0) is 13.0 Å². The van der Waals surface area contributed by atoms with Crippen LogP contribution in [-0.4, -0.2) is 42.5 Å². The van der Waals surface area contributed by atoms with Gasteiger partial charge in [0.2, 0.25) is 10.0 Å². The highest BCUT2D eigenvalue weighted by Gasteiger charge is 2.40. The van der Waals surface area contributed by atoms with Gasteiger partial charge in [-0.3, -0.25) is 4.79 Å². The first kappa shape index (κ1) is 19.3. The van der Waals surface area contributed by atoms with Gasteiger partial charge < -0.3 is 14.6 Å². The number of carbonyl (C=O) groups excluding carboxylic acids is 1. The van der Waals surface area contributed by atoms with E-state index in [1.807, 2.05) is 6.08 Å². The maximum absolute atomic E-state index is 14.8. The molecule has 1 amide bonds. The zero-order chi connectivity index (χ0) is 19.1. The molecule has 1 atom stereocenters. The van der Waals surface area contributed by atoms with Gasteiger partial charge in [0.1, 0.15) is 10.6 Å². The molecule has 1 saturated heterocycles. The van der Waals surface area contributed by atoms with Gasteiger partial charge >= 0.3 is 0 Å². The number of ether oxygens (including phenoxy) is 1. The summed E-state index contributed by atoms with van der Waals surface area (Å²) in [5, 5.41) is 2.63. The van der Waals surface area contributed by atoms with Crippen molar-refractivity contribution in [2.45, 2.75) is 28.6 Å². The number of amides is 1. The maximum Gasteiger partial charge on any atom is 0.275 e. The van der Waals surface area contributed by atoms with Crippen LogP contribution in [0.3, 0.4) is 0 Å². The normalized spacial score (nSPS) is 21.8. The summed E-state index contributed by atoms with van der Waals surface area (Å²) in [7, 11) is -2.70. The van der Waals surface area contributed by atoms with E-state index in [4.69, 9.17) is 4.74 Å². The van der Waals surface area contributed by atoms with Gasteiger partial charge in [0, 0.05) is 30.2 Å². The maximum atomic E-state index is 14.8. The predicted molar refractivity (Wildman–Crippen MR) is 96.9 cm³/mol. The molecule has 1 unspecified atom stereocenters. The monoisotopic (exact) mass is 447 g/mol. The largest absolute Gasteiger partial charge is 0.377 e. The van der Waals surface area contributed by atoms with Gasteiger partial charge in [0.05, 0.1) is 18.8 Å². The molecule has 7 nitrogen and oxygen atoms in total. The third-order valence-corrected chi connectivity index (χ3v) is 6.37. The highest BCUT2D eigenvalue weighted by Crippen LogP contribution is 2.25. The molecule has 0 spiro atoms. The van der Waals surface area contributed by atoms with Crippen LogP contribution in [0, 0.1) is 5.82 Å². The summed E-state index contributed by atoms with van der Waals surface area (Å²) in [6, 6.07) is 0. The van der Waals surface area contributed by atoms with E-state index >= 15 is 0 Å². The number of carbonyl (C=O) groups is 1. The smallest absolute Gasteiger partial charge is 0.275 e. The Morgan fingerprint density at radius 2 is 2.15 bits per heavy atom. The quantitative estimate of drug-likeness (QED) is 0.670. The van der Waals surface area contributed by atoms with Crippen LogP contribution in [0.2, 0.25) is 0 Å². The molecular formula is C16H19BrFN3O4S. The molecule has 1 aromatic heterocycles. The number of sulfonamides is 1. The molecule has 1 fully saturated rings. The van der Waals surface area contributed by atoms with Crippen molar-refractivity contribution >= 4 is 31.9 Å². The van der Waals surface area contributed by atoms with Crippen molar-refractivity contribution < 1.29 is 22.3 Å². The van der Waals surface area contributed by atoms with Crippen LogP contribution >= 0.6 is 15.9 Å². The lowest BCUT2D eigenvalue weighted by Gasteiger charge is -2.38. The number of aryl methyl sites for hydroxylation is 1. The first-order chi connectivity index (χ1) is 12.1. The molecule has 3 rings (SSSR count). The van der Waals surface area contributed by atoms with E-state index in [0.717, 1.165) is 6.20 Å². The molecule has 0 bridgehead atoms. The molecule has 142 valence electrons. The fraction of sp³-hybridized carbons (Fsp3) is 0.438. The average molecular weight is 448 g/mol. The second-order valence-corrected chi connectivity index (χ2v) is 9.50. The van der Waals surface area contributed by atoms with Crippen LogP contribution in [0.1, 0.15) is 23.8 Å². The summed E-state index contributed by atoms with van der Waals surface area (Å²) in [5.74, 6) is -1.78. The van der Waals surface area contributed by atoms with Crippen molar-refractivity contribution in [3.8, 4) is 0 Å². The Kier molecular flexibility index (Phi) is 5.13. The van der Waals surface area contributed by atoms with Crippen molar-refractivity contribution in [1.82, 2.24) is 14.6 Å². The van der Waals surface area contributed by atoms with Gasteiger partial charge in [-0.2, -0.15) is 0 Å². The van der Waals surface area contributed by atoms with E-state index in [1.54, 1.807) is 19.1 Å². The molecule has 1 aliphatic heterocycles. The highest BCUT2D eigenvalue weighted by atomic mass is 79.9. The minimum Gasteiger partial charge on any atom is -0.377 e. The van der Waals surface area contributed by atoms with Crippen LogP contribution in [0.4, 0.5) is 4.39 Å². The lowest BCUT2D eigenvalue weighted by atomic mass is 10.0. The minimum absolute atomic E-state index is 0.0756. The van der Waals surface area contributed by atoms with Crippen LogP contribution < -0.4 is 10.0 Å². The summed E-state index contributed by atoms with van der Waals surface area (Å²) < 4.78 is 48.4. The zero-order valence-corrected chi connectivity index (χ0v) is 16.7. The number of halogens is 2. The van der Waals surface area contributed by atoms with Crippen LogP contribution in [0.15, 0.2) is 35.0 Å². The van der Waals surface area contributed by atoms with E-state index in [1.165, 1.54) is 11.6 Å². The Hall–Kier alpha value is -1.49. The second-order valence-electron chi connectivity index (χ2n) is 6.68. The summed E-state index contributed by atoms with van der Waals surface area (Å²) in [5.41, 5.74) is -0.503. The highest BCUT2D eigenvalue weighted by molar-refractivity contribution is 9.09. The van der Waals surface area contributed by atoms with E-state index in [9.17, 15) is 17.6 Å². The molecular weight excluding hydrogens is 429 g/mol. The topological polar surface area (TPSA) is 89.4 Å². The number of nitrogens with one attached hydrogen (secondary N) is 2. The standard InChI is InChI=1S/C16H19BrFN3O4S/c1-16(8-25-9-16)20-26(23,24)12-7-21(2)14(13(12)18)15(22)19-11-5-3-4-10(17)6-11/h3-5,7,10,20H,6,8-9H2,1-2H3,(H,19,22). The number of hydrogen-bond acceptors (Lipinski definition) is 4. The van der Waals surface area contributed by atoms with Crippen molar-refractivity contribution in [1.29, 1.82) is 0 Å². The van der Waals surface area contributed by atoms with E-state index in [0.29, 0.717) is 12.1 Å². The number of hydrogen-bond donors (Lipinski definition) is 2. The molecule has 0 saturated carbocycles. The Balaban J connectivity index is 1.84. The number of nitrogens with zero attached hydrogens (tertiary/aromatic N) is 1. The van der Waals surface area contributed by atoms with E-state index in [2.05, 4.69) is 26.0 Å². The number of aromatic nitrogens is 1. The predicted octanol–water partition coefficient (Wildman–Crippen LogP) is 1.57.